The molecular formula is C22H23FN4O3. The fourth-order valence-corrected chi connectivity index (χ4v) is 3.21. The zero-order chi connectivity index (χ0) is 20.7. The van der Waals surface area contributed by atoms with Crippen molar-refractivity contribution in [2.45, 2.75) is 39.0 Å². The second-order valence-electron chi connectivity index (χ2n) is 8.54. The summed E-state index contributed by atoms with van der Waals surface area (Å²) >= 11 is 0. The second-order valence-corrected chi connectivity index (χ2v) is 8.54. The summed E-state index contributed by atoms with van der Waals surface area (Å²) in [5.74, 6) is 1.03. The van der Waals surface area contributed by atoms with Gasteiger partial charge < -0.3 is 19.2 Å². The second kappa shape index (κ2) is 7.45. The number of anilines is 1. The lowest BCUT2D eigenvalue weighted by Gasteiger charge is -2.33. The monoisotopic (exact) mass is 410 g/mol. The molecule has 1 saturated carbocycles. The van der Waals surface area contributed by atoms with Crippen molar-refractivity contribution < 1.29 is 18.3 Å². The van der Waals surface area contributed by atoms with Crippen LogP contribution in [0.2, 0.25) is 0 Å². The van der Waals surface area contributed by atoms with E-state index < -0.39 is 6.29 Å². The zero-order valence-electron chi connectivity index (χ0n) is 16.9. The van der Waals surface area contributed by atoms with Crippen molar-refractivity contribution >= 4 is 5.95 Å². The molecule has 3 aromatic rings. The molecule has 156 valence electrons. The first-order chi connectivity index (χ1) is 14.5. The third kappa shape index (κ3) is 4.06. The molecule has 0 unspecified atom stereocenters. The van der Waals surface area contributed by atoms with Gasteiger partial charge in [-0.2, -0.15) is 0 Å². The SMILES string of the molecule is CC1(C)COC(c2nc(-c3ccnc(NC4CC4)n3)c(-c3ccc(F)cc3)o2)OC1. The van der Waals surface area contributed by atoms with Crippen molar-refractivity contribution in [3.63, 3.8) is 0 Å². The fourth-order valence-electron chi connectivity index (χ4n) is 3.21. The molecule has 2 fully saturated rings. The summed E-state index contributed by atoms with van der Waals surface area (Å²) in [6.07, 6.45) is 3.23. The lowest BCUT2D eigenvalue weighted by molar-refractivity contribution is -0.235. The van der Waals surface area contributed by atoms with Gasteiger partial charge in [0.2, 0.25) is 12.2 Å². The van der Waals surface area contributed by atoms with E-state index in [9.17, 15) is 4.39 Å². The maximum Gasteiger partial charge on any atom is 0.253 e. The van der Waals surface area contributed by atoms with Crippen LogP contribution in [-0.4, -0.2) is 34.2 Å². The number of hydrogen-bond donors (Lipinski definition) is 1. The molecule has 3 heterocycles. The summed E-state index contributed by atoms with van der Waals surface area (Å²) in [5.41, 5.74) is 1.77. The van der Waals surface area contributed by atoms with E-state index in [0.717, 1.165) is 12.8 Å². The first kappa shape index (κ1) is 19.1. The van der Waals surface area contributed by atoms with Gasteiger partial charge in [0.1, 0.15) is 11.5 Å². The molecule has 8 heteroatoms. The largest absolute Gasteiger partial charge is 0.435 e. The minimum atomic E-state index is -0.697. The first-order valence-corrected chi connectivity index (χ1v) is 10.1. The number of aromatic nitrogens is 3. The smallest absolute Gasteiger partial charge is 0.253 e. The summed E-state index contributed by atoms with van der Waals surface area (Å²) < 4.78 is 31.2. The summed E-state index contributed by atoms with van der Waals surface area (Å²) in [5, 5.41) is 3.29. The Kier molecular flexibility index (Phi) is 4.75. The van der Waals surface area contributed by atoms with Crippen LogP contribution in [0.5, 0.6) is 0 Å². The van der Waals surface area contributed by atoms with Gasteiger partial charge in [0.15, 0.2) is 5.76 Å². The highest BCUT2D eigenvalue weighted by atomic mass is 19.1. The highest BCUT2D eigenvalue weighted by Gasteiger charge is 2.33. The molecule has 0 spiro atoms. The van der Waals surface area contributed by atoms with Crippen molar-refractivity contribution in [1.29, 1.82) is 0 Å². The van der Waals surface area contributed by atoms with Crippen LogP contribution in [0.25, 0.3) is 22.7 Å². The van der Waals surface area contributed by atoms with Crippen LogP contribution in [-0.2, 0) is 9.47 Å². The number of rotatable bonds is 5. The predicted molar refractivity (Wildman–Crippen MR) is 108 cm³/mol. The summed E-state index contributed by atoms with van der Waals surface area (Å²) in [6, 6.07) is 8.28. The van der Waals surface area contributed by atoms with Gasteiger partial charge in [-0.05, 0) is 43.2 Å². The van der Waals surface area contributed by atoms with E-state index in [4.69, 9.17) is 13.9 Å². The van der Waals surface area contributed by atoms with Gasteiger partial charge in [-0.1, -0.05) is 13.8 Å². The van der Waals surface area contributed by atoms with Gasteiger partial charge in [-0.15, -0.1) is 0 Å². The van der Waals surface area contributed by atoms with Gasteiger partial charge >= 0.3 is 0 Å². The number of hydrogen-bond acceptors (Lipinski definition) is 7. The number of benzene rings is 1. The summed E-state index contributed by atoms with van der Waals surface area (Å²) in [4.78, 5) is 13.6. The Labute approximate surface area is 173 Å². The number of nitrogens with zero attached hydrogens (tertiary/aromatic N) is 3. The number of halogens is 1. The molecule has 1 N–H and O–H groups in total. The average molecular weight is 410 g/mol. The highest BCUT2D eigenvalue weighted by molar-refractivity contribution is 5.75. The quantitative estimate of drug-likeness (QED) is 0.659. The van der Waals surface area contributed by atoms with E-state index in [1.807, 2.05) is 0 Å². The van der Waals surface area contributed by atoms with Gasteiger partial charge in [0.25, 0.3) is 5.89 Å². The van der Waals surface area contributed by atoms with E-state index in [1.165, 1.54) is 12.1 Å². The van der Waals surface area contributed by atoms with E-state index in [2.05, 4.69) is 34.1 Å². The highest BCUT2D eigenvalue weighted by Crippen LogP contribution is 2.37. The summed E-state index contributed by atoms with van der Waals surface area (Å²) in [7, 11) is 0. The van der Waals surface area contributed by atoms with Crippen molar-refractivity contribution in [1.82, 2.24) is 15.0 Å². The molecule has 2 aliphatic rings. The topological polar surface area (TPSA) is 82.3 Å². The van der Waals surface area contributed by atoms with E-state index in [1.54, 1.807) is 24.4 Å². The van der Waals surface area contributed by atoms with Crippen molar-refractivity contribution in [3.05, 3.63) is 48.2 Å². The molecule has 0 atom stereocenters. The molecule has 2 aromatic heterocycles. The minimum Gasteiger partial charge on any atom is -0.435 e. The average Bonchev–Trinajstić information content (AvgIpc) is 3.43. The summed E-state index contributed by atoms with van der Waals surface area (Å²) in [6.45, 7) is 5.21. The Hall–Kier alpha value is -2.84. The third-order valence-corrected chi connectivity index (χ3v) is 5.01. The Balaban J connectivity index is 1.53. The number of oxazole rings is 1. The van der Waals surface area contributed by atoms with E-state index in [-0.39, 0.29) is 11.2 Å². The molecule has 30 heavy (non-hydrogen) atoms. The maximum atomic E-state index is 13.5. The molecular weight excluding hydrogens is 387 g/mol. The van der Waals surface area contributed by atoms with Crippen LogP contribution >= 0.6 is 0 Å². The van der Waals surface area contributed by atoms with Crippen molar-refractivity contribution in [3.8, 4) is 22.7 Å². The molecule has 0 radical (unpaired) electrons. The maximum absolute atomic E-state index is 13.5. The van der Waals surface area contributed by atoms with Crippen LogP contribution in [0.3, 0.4) is 0 Å². The molecule has 1 saturated heterocycles. The van der Waals surface area contributed by atoms with E-state index in [0.29, 0.717) is 53.8 Å². The lowest BCUT2D eigenvalue weighted by Crippen LogP contribution is -2.33. The minimum absolute atomic E-state index is 0.0677. The Morgan fingerprint density at radius 2 is 1.77 bits per heavy atom. The first-order valence-electron chi connectivity index (χ1n) is 10.1. The van der Waals surface area contributed by atoms with Crippen LogP contribution in [0.4, 0.5) is 10.3 Å². The Bertz CT molecular complexity index is 1040. The standard InChI is InChI=1S/C22H23FN4O3/c1-22(2)11-28-20(29-12-22)19-27-17(18(30-19)13-3-5-14(23)6-4-13)16-9-10-24-21(26-16)25-15-7-8-15/h3-6,9-10,15,20H,7-8,11-12H2,1-2H3,(H,24,25,26). The van der Waals surface area contributed by atoms with Gasteiger partial charge in [0, 0.05) is 23.2 Å². The van der Waals surface area contributed by atoms with Gasteiger partial charge in [0.05, 0.1) is 18.9 Å². The predicted octanol–water partition coefficient (Wildman–Crippen LogP) is 4.58. The molecule has 5 rings (SSSR count). The van der Waals surface area contributed by atoms with Crippen LogP contribution < -0.4 is 5.32 Å². The molecule has 1 aliphatic heterocycles. The van der Waals surface area contributed by atoms with Gasteiger partial charge in [-0.3, -0.25) is 0 Å². The van der Waals surface area contributed by atoms with E-state index >= 15 is 0 Å². The normalized spacial score (nSPS) is 19.0. The molecule has 7 nitrogen and oxygen atoms in total. The molecule has 0 bridgehead atoms. The lowest BCUT2D eigenvalue weighted by atomic mass is 9.96. The number of nitrogens with one attached hydrogen (secondary N) is 1. The Morgan fingerprint density at radius 3 is 2.47 bits per heavy atom. The fraction of sp³-hybridized carbons (Fsp3) is 0.409. The van der Waals surface area contributed by atoms with Gasteiger partial charge in [-0.25, -0.2) is 19.3 Å². The van der Waals surface area contributed by atoms with Crippen LogP contribution in [0, 0.1) is 11.2 Å². The third-order valence-electron chi connectivity index (χ3n) is 5.01. The molecule has 1 aliphatic carbocycles. The Morgan fingerprint density at radius 1 is 1.03 bits per heavy atom. The zero-order valence-corrected chi connectivity index (χ0v) is 16.9. The number of ether oxygens (including phenoxy) is 2. The van der Waals surface area contributed by atoms with Crippen molar-refractivity contribution in [2.24, 2.45) is 5.41 Å². The van der Waals surface area contributed by atoms with Crippen LogP contribution in [0.15, 0.2) is 40.9 Å². The molecule has 1 aromatic carbocycles. The van der Waals surface area contributed by atoms with Crippen molar-refractivity contribution in [2.75, 3.05) is 18.5 Å². The van der Waals surface area contributed by atoms with Crippen LogP contribution in [0.1, 0.15) is 38.9 Å². The molecule has 0 amide bonds.